The van der Waals surface area contributed by atoms with Crippen LogP contribution in [0, 0.1) is 5.92 Å². The second-order valence-corrected chi connectivity index (χ2v) is 8.03. The van der Waals surface area contributed by atoms with Gasteiger partial charge < -0.3 is 14.0 Å². The SMILES string of the molecule is COc1ccc(-c2c3c(=O)n(C)c(=O)n(C)c3c3n2CCO[C@H]3CC(C)C)cc1. The number of benzene rings is 1. The Morgan fingerprint density at radius 3 is 2.45 bits per heavy atom. The fraction of sp³-hybridized carbons (Fsp3) is 0.455. The molecule has 0 saturated heterocycles. The molecule has 0 radical (unpaired) electrons. The van der Waals surface area contributed by atoms with Crippen LogP contribution in [0.2, 0.25) is 0 Å². The standard InChI is InChI=1S/C22H27N3O4/c1-13(2)12-16-19-20-17(21(26)24(4)22(27)23(20)3)18(25(19)10-11-29-16)14-6-8-15(28-5)9-7-14/h6-9,13,16H,10-12H2,1-5H3/t16-/m0/s1. The van der Waals surface area contributed by atoms with E-state index >= 15 is 0 Å². The summed E-state index contributed by atoms with van der Waals surface area (Å²) in [5.74, 6) is 1.18. The fourth-order valence-electron chi connectivity index (χ4n) is 4.32. The Kier molecular flexibility index (Phi) is 4.86. The van der Waals surface area contributed by atoms with Gasteiger partial charge in [0.1, 0.15) is 5.75 Å². The summed E-state index contributed by atoms with van der Waals surface area (Å²) in [6.07, 6.45) is 0.667. The lowest BCUT2D eigenvalue weighted by Crippen LogP contribution is -2.37. The zero-order valence-corrected chi connectivity index (χ0v) is 17.6. The predicted molar refractivity (Wildman–Crippen MR) is 113 cm³/mol. The Bertz CT molecular complexity index is 1180. The molecule has 0 aliphatic carbocycles. The van der Waals surface area contributed by atoms with Gasteiger partial charge in [0.05, 0.1) is 42.1 Å². The molecule has 1 aromatic carbocycles. The average molecular weight is 397 g/mol. The number of hydrogen-bond acceptors (Lipinski definition) is 4. The first kappa shape index (κ1) is 19.5. The molecule has 1 aliphatic rings. The van der Waals surface area contributed by atoms with Crippen LogP contribution in [0.1, 0.15) is 32.1 Å². The minimum absolute atomic E-state index is 0.157. The third kappa shape index (κ3) is 3.00. The van der Waals surface area contributed by atoms with E-state index in [1.54, 1.807) is 18.7 Å². The summed E-state index contributed by atoms with van der Waals surface area (Å²) >= 11 is 0. The normalized spacial score (nSPS) is 16.4. The summed E-state index contributed by atoms with van der Waals surface area (Å²) in [4.78, 5) is 25.9. The highest BCUT2D eigenvalue weighted by Gasteiger charge is 2.32. The molecule has 29 heavy (non-hydrogen) atoms. The summed E-state index contributed by atoms with van der Waals surface area (Å²) in [5, 5.41) is 0.564. The smallest absolute Gasteiger partial charge is 0.331 e. The molecule has 0 bridgehead atoms. The van der Waals surface area contributed by atoms with Crippen LogP contribution in [0.15, 0.2) is 33.9 Å². The van der Waals surface area contributed by atoms with Crippen molar-refractivity contribution in [3.05, 3.63) is 50.8 Å². The van der Waals surface area contributed by atoms with Crippen molar-refractivity contribution in [3.8, 4) is 17.0 Å². The van der Waals surface area contributed by atoms with Gasteiger partial charge in [0.15, 0.2) is 0 Å². The van der Waals surface area contributed by atoms with Gasteiger partial charge in [-0.25, -0.2) is 4.79 Å². The molecule has 1 aliphatic heterocycles. The van der Waals surface area contributed by atoms with Crippen molar-refractivity contribution in [3.63, 3.8) is 0 Å². The number of rotatable bonds is 4. The van der Waals surface area contributed by atoms with Crippen LogP contribution in [0.5, 0.6) is 5.75 Å². The van der Waals surface area contributed by atoms with Gasteiger partial charge in [0, 0.05) is 20.6 Å². The van der Waals surface area contributed by atoms with E-state index in [-0.39, 0.29) is 17.4 Å². The average Bonchev–Trinajstić information content (AvgIpc) is 3.06. The quantitative estimate of drug-likeness (QED) is 0.679. The Morgan fingerprint density at radius 2 is 1.83 bits per heavy atom. The largest absolute Gasteiger partial charge is 0.497 e. The molecular formula is C22H27N3O4. The molecule has 2 aromatic heterocycles. The second kappa shape index (κ2) is 7.22. The molecule has 0 unspecified atom stereocenters. The van der Waals surface area contributed by atoms with E-state index in [0.29, 0.717) is 30.0 Å². The Morgan fingerprint density at radius 1 is 1.14 bits per heavy atom. The van der Waals surface area contributed by atoms with Crippen molar-refractivity contribution >= 4 is 10.9 Å². The van der Waals surface area contributed by atoms with E-state index in [9.17, 15) is 9.59 Å². The van der Waals surface area contributed by atoms with Crippen molar-refractivity contribution in [1.29, 1.82) is 0 Å². The lowest BCUT2D eigenvalue weighted by Gasteiger charge is -2.28. The van der Waals surface area contributed by atoms with Gasteiger partial charge in [-0.2, -0.15) is 0 Å². The van der Waals surface area contributed by atoms with Crippen LogP contribution in [0.25, 0.3) is 22.2 Å². The zero-order chi connectivity index (χ0) is 20.9. The highest BCUT2D eigenvalue weighted by Crippen LogP contribution is 2.40. The Hall–Kier alpha value is -2.80. The van der Waals surface area contributed by atoms with Gasteiger partial charge in [-0.15, -0.1) is 0 Å². The summed E-state index contributed by atoms with van der Waals surface area (Å²) < 4.78 is 16.3. The zero-order valence-electron chi connectivity index (χ0n) is 17.6. The van der Waals surface area contributed by atoms with Crippen LogP contribution < -0.4 is 16.0 Å². The van der Waals surface area contributed by atoms with E-state index in [0.717, 1.165) is 29.1 Å². The lowest BCUT2D eigenvalue weighted by atomic mass is 10.0. The monoisotopic (exact) mass is 397 g/mol. The highest BCUT2D eigenvalue weighted by molar-refractivity contribution is 5.96. The maximum atomic E-state index is 13.2. The summed E-state index contributed by atoms with van der Waals surface area (Å²) in [5.41, 5.74) is 2.75. The summed E-state index contributed by atoms with van der Waals surface area (Å²) in [6.45, 7) is 5.51. The van der Waals surface area contributed by atoms with E-state index in [1.807, 2.05) is 24.3 Å². The number of nitrogens with zero attached hydrogens (tertiary/aromatic N) is 3. The first-order valence-electron chi connectivity index (χ1n) is 9.93. The molecule has 3 aromatic rings. The number of methoxy groups -OCH3 is 1. The van der Waals surface area contributed by atoms with Crippen molar-refractivity contribution in [2.45, 2.75) is 32.9 Å². The number of aromatic nitrogens is 3. The molecule has 154 valence electrons. The summed E-state index contributed by atoms with van der Waals surface area (Å²) in [7, 11) is 4.88. The number of ether oxygens (including phenoxy) is 2. The van der Waals surface area contributed by atoms with Crippen LogP contribution in [0.4, 0.5) is 0 Å². The van der Waals surface area contributed by atoms with Gasteiger partial charge in [-0.05, 0) is 42.2 Å². The Labute approximate surface area is 169 Å². The first-order valence-corrected chi connectivity index (χ1v) is 9.93. The molecule has 7 heteroatoms. The van der Waals surface area contributed by atoms with Gasteiger partial charge in [0.2, 0.25) is 0 Å². The van der Waals surface area contributed by atoms with E-state index in [2.05, 4.69) is 18.4 Å². The maximum absolute atomic E-state index is 13.2. The highest BCUT2D eigenvalue weighted by atomic mass is 16.5. The van der Waals surface area contributed by atoms with E-state index in [1.165, 1.54) is 11.6 Å². The Balaban J connectivity index is 2.13. The molecule has 0 saturated carbocycles. The topological polar surface area (TPSA) is 67.4 Å². The first-order chi connectivity index (χ1) is 13.8. The lowest BCUT2D eigenvalue weighted by molar-refractivity contribution is 0.00924. The fourth-order valence-corrected chi connectivity index (χ4v) is 4.32. The minimum Gasteiger partial charge on any atom is -0.497 e. The molecule has 0 fully saturated rings. The molecule has 0 N–H and O–H groups in total. The number of hydrogen-bond donors (Lipinski definition) is 0. The van der Waals surface area contributed by atoms with Crippen molar-refractivity contribution in [2.75, 3.05) is 13.7 Å². The second-order valence-electron chi connectivity index (χ2n) is 8.03. The van der Waals surface area contributed by atoms with Crippen LogP contribution in [0.3, 0.4) is 0 Å². The molecule has 0 spiro atoms. The molecular weight excluding hydrogens is 370 g/mol. The van der Waals surface area contributed by atoms with Gasteiger partial charge in [-0.3, -0.25) is 13.9 Å². The number of fused-ring (bicyclic) bond motifs is 3. The summed E-state index contributed by atoms with van der Waals surface area (Å²) in [6, 6.07) is 7.69. The van der Waals surface area contributed by atoms with Crippen molar-refractivity contribution in [2.24, 2.45) is 20.0 Å². The van der Waals surface area contributed by atoms with E-state index in [4.69, 9.17) is 9.47 Å². The maximum Gasteiger partial charge on any atom is 0.331 e. The van der Waals surface area contributed by atoms with Crippen molar-refractivity contribution in [1.82, 2.24) is 13.7 Å². The number of aryl methyl sites for hydroxylation is 1. The predicted octanol–water partition coefficient (Wildman–Crippen LogP) is 2.83. The van der Waals surface area contributed by atoms with Crippen molar-refractivity contribution < 1.29 is 9.47 Å². The molecule has 7 nitrogen and oxygen atoms in total. The third-order valence-electron chi connectivity index (χ3n) is 5.69. The van der Waals surface area contributed by atoms with Crippen LogP contribution in [-0.2, 0) is 25.4 Å². The molecule has 1 atom stereocenters. The van der Waals surface area contributed by atoms with Crippen LogP contribution in [-0.4, -0.2) is 27.4 Å². The molecule has 3 heterocycles. The van der Waals surface area contributed by atoms with Gasteiger partial charge in [-0.1, -0.05) is 13.8 Å². The van der Waals surface area contributed by atoms with Crippen LogP contribution >= 0.6 is 0 Å². The molecule has 4 rings (SSSR count). The minimum atomic E-state index is -0.328. The molecule has 0 amide bonds. The van der Waals surface area contributed by atoms with Gasteiger partial charge in [0.25, 0.3) is 5.56 Å². The van der Waals surface area contributed by atoms with E-state index < -0.39 is 0 Å². The third-order valence-corrected chi connectivity index (χ3v) is 5.69. The van der Waals surface area contributed by atoms with Gasteiger partial charge >= 0.3 is 5.69 Å².